The predicted molar refractivity (Wildman–Crippen MR) is 101 cm³/mol. The molecule has 138 valence electrons. The Bertz CT molecular complexity index is 624. The molecule has 1 fully saturated rings. The maximum Gasteiger partial charge on any atom is 0.342 e. The molecule has 0 bridgehead atoms. The van der Waals surface area contributed by atoms with Crippen LogP contribution in [0.5, 0.6) is 5.75 Å². The molecule has 1 aliphatic rings. The Hall–Kier alpha value is -1.66. The monoisotopic (exact) mass is 365 g/mol. The highest BCUT2D eigenvalue weighted by Crippen LogP contribution is 2.34. The first kappa shape index (κ1) is 19.7. The van der Waals surface area contributed by atoms with Gasteiger partial charge in [0.2, 0.25) is 0 Å². The summed E-state index contributed by atoms with van der Waals surface area (Å²) >= 11 is 1.56. The van der Waals surface area contributed by atoms with Gasteiger partial charge in [0, 0.05) is 10.5 Å². The lowest BCUT2D eigenvalue weighted by Gasteiger charge is -2.18. The molecule has 2 rings (SSSR count). The fourth-order valence-electron chi connectivity index (χ4n) is 2.92. The second-order valence-electron chi connectivity index (χ2n) is 5.95. The molecule has 5 nitrogen and oxygen atoms in total. The number of hydrogen-bond acceptors (Lipinski definition) is 6. The number of esters is 1. The average molecular weight is 365 g/mol. The van der Waals surface area contributed by atoms with E-state index in [0.29, 0.717) is 18.1 Å². The van der Waals surface area contributed by atoms with Crippen molar-refractivity contribution in [2.24, 2.45) is 0 Å². The summed E-state index contributed by atoms with van der Waals surface area (Å²) in [4.78, 5) is 13.9. The van der Waals surface area contributed by atoms with Crippen molar-refractivity contribution in [2.75, 3.05) is 27.1 Å². The molecule has 1 aromatic carbocycles. The molecule has 1 aromatic rings. The highest BCUT2D eigenvalue weighted by Gasteiger charge is 2.26. The number of thioether (sulfide) groups is 1. The van der Waals surface area contributed by atoms with Gasteiger partial charge in [-0.3, -0.25) is 5.32 Å². The Labute approximate surface area is 154 Å². The first-order valence-corrected chi connectivity index (χ1v) is 9.74. The summed E-state index contributed by atoms with van der Waals surface area (Å²) < 4.78 is 16.7. The molecule has 1 saturated carbocycles. The van der Waals surface area contributed by atoms with Gasteiger partial charge in [0.25, 0.3) is 0 Å². The molecule has 0 saturated heterocycles. The second-order valence-corrected chi connectivity index (χ2v) is 6.80. The van der Waals surface area contributed by atoms with Crippen molar-refractivity contribution in [1.82, 2.24) is 5.32 Å². The van der Waals surface area contributed by atoms with Crippen LogP contribution in [-0.4, -0.2) is 39.2 Å². The lowest BCUT2D eigenvalue weighted by molar-refractivity contribution is -0.141. The Morgan fingerprint density at radius 2 is 2.04 bits per heavy atom. The molecule has 0 radical (unpaired) electrons. The minimum Gasteiger partial charge on any atom is -0.497 e. The normalized spacial score (nSPS) is 15.7. The highest BCUT2D eigenvalue weighted by atomic mass is 32.2. The van der Waals surface area contributed by atoms with Crippen molar-refractivity contribution in [2.45, 2.75) is 43.6 Å². The summed E-state index contributed by atoms with van der Waals surface area (Å²) in [5.74, 6) is 0.990. The zero-order valence-electron chi connectivity index (χ0n) is 15.4. The van der Waals surface area contributed by atoms with Crippen LogP contribution < -0.4 is 10.1 Å². The molecular weight excluding hydrogens is 338 g/mol. The van der Waals surface area contributed by atoms with Gasteiger partial charge in [-0.1, -0.05) is 0 Å². The maximum absolute atomic E-state index is 12.9. The number of nitrogens with one attached hydrogen (secondary N) is 1. The Kier molecular flexibility index (Phi) is 7.65. The van der Waals surface area contributed by atoms with Crippen LogP contribution in [0.3, 0.4) is 0 Å². The third-order valence-electron chi connectivity index (χ3n) is 4.24. The molecular formula is C19H27NO4S. The molecule has 0 spiro atoms. The molecule has 1 aliphatic carbocycles. The van der Waals surface area contributed by atoms with E-state index in [1.54, 1.807) is 32.8 Å². The van der Waals surface area contributed by atoms with Crippen LogP contribution in [0.25, 0.3) is 5.57 Å². The number of methoxy groups -OCH3 is 1. The van der Waals surface area contributed by atoms with E-state index >= 15 is 0 Å². The summed E-state index contributed by atoms with van der Waals surface area (Å²) in [5, 5.41) is 2.93. The van der Waals surface area contributed by atoms with Gasteiger partial charge in [-0.15, -0.1) is 11.8 Å². The standard InChI is InChI=1S/C19H27NO4S/c1-13(23-12-20-2)18(19(21)24-14-7-5-6-8-14)16-10-9-15(22-3)11-17(16)25-4/h9-11,14,20H,5-8,12H2,1-4H3/b18-13+. The topological polar surface area (TPSA) is 56.8 Å². The number of hydrogen-bond donors (Lipinski definition) is 1. The van der Waals surface area contributed by atoms with E-state index in [1.807, 2.05) is 24.5 Å². The van der Waals surface area contributed by atoms with Crippen LogP contribution in [0.4, 0.5) is 0 Å². The maximum atomic E-state index is 12.9. The molecule has 0 unspecified atom stereocenters. The molecule has 1 N–H and O–H groups in total. The van der Waals surface area contributed by atoms with Crippen LogP contribution in [0.15, 0.2) is 28.9 Å². The van der Waals surface area contributed by atoms with Crippen molar-refractivity contribution in [1.29, 1.82) is 0 Å². The van der Waals surface area contributed by atoms with Crippen LogP contribution in [0.1, 0.15) is 38.2 Å². The van der Waals surface area contributed by atoms with Gasteiger partial charge in [0.15, 0.2) is 0 Å². The van der Waals surface area contributed by atoms with Gasteiger partial charge in [-0.25, -0.2) is 4.79 Å². The summed E-state index contributed by atoms with van der Waals surface area (Å²) in [7, 11) is 3.43. The van der Waals surface area contributed by atoms with Crippen molar-refractivity contribution in [3.8, 4) is 5.75 Å². The second kappa shape index (κ2) is 9.73. The molecule has 0 aromatic heterocycles. The van der Waals surface area contributed by atoms with E-state index in [-0.39, 0.29) is 12.1 Å². The Balaban J connectivity index is 2.38. The van der Waals surface area contributed by atoms with E-state index in [4.69, 9.17) is 14.2 Å². The smallest absolute Gasteiger partial charge is 0.342 e. The van der Waals surface area contributed by atoms with Gasteiger partial charge in [0.1, 0.15) is 29.9 Å². The number of carbonyl (C=O) groups is 1. The highest BCUT2D eigenvalue weighted by molar-refractivity contribution is 7.98. The predicted octanol–water partition coefficient (Wildman–Crippen LogP) is 3.83. The van der Waals surface area contributed by atoms with E-state index in [1.165, 1.54) is 0 Å². The van der Waals surface area contributed by atoms with Crippen LogP contribution in [0, 0.1) is 0 Å². The zero-order valence-corrected chi connectivity index (χ0v) is 16.2. The first-order chi connectivity index (χ1) is 12.1. The summed E-state index contributed by atoms with van der Waals surface area (Å²) in [5.41, 5.74) is 1.29. The molecule has 0 atom stereocenters. The SMILES string of the molecule is CNCO/C(C)=C(/C(=O)OC1CCCC1)c1ccc(OC)cc1SC. The fourth-order valence-corrected chi connectivity index (χ4v) is 3.54. The molecule has 0 aliphatic heterocycles. The number of rotatable bonds is 8. The molecule has 0 amide bonds. The van der Waals surface area contributed by atoms with Crippen molar-refractivity contribution < 1.29 is 19.0 Å². The Morgan fingerprint density at radius 1 is 1.32 bits per heavy atom. The summed E-state index contributed by atoms with van der Waals surface area (Å²) in [6.45, 7) is 2.13. The average Bonchev–Trinajstić information content (AvgIpc) is 3.13. The van der Waals surface area contributed by atoms with Gasteiger partial charge in [0.05, 0.1) is 7.11 Å². The minimum absolute atomic E-state index is 0.00979. The zero-order chi connectivity index (χ0) is 18.2. The summed E-state index contributed by atoms with van der Waals surface area (Å²) in [6.07, 6.45) is 6.09. The minimum atomic E-state index is -0.319. The first-order valence-electron chi connectivity index (χ1n) is 8.52. The third-order valence-corrected chi connectivity index (χ3v) is 5.02. The van der Waals surface area contributed by atoms with Crippen molar-refractivity contribution in [3.05, 3.63) is 29.5 Å². The summed E-state index contributed by atoms with van der Waals surface area (Å²) in [6, 6.07) is 5.67. The number of benzene rings is 1. The Morgan fingerprint density at radius 3 is 2.64 bits per heavy atom. The number of carbonyl (C=O) groups excluding carboxylic acids is 1. The lowest BCUT2D eigenvalue weighted by Crippen LogP contribution is -2.19. The number of ether oxygens (including phenoxy) is 3. The quantitative estimate of drug-likeness (QED) is 0.248. The van der Waals surface area contributed by atoms with E-state index in [0.717, 1.165) is 41.9 Å². The van der Waals surface area contributed by atoms with E-state index in [9.17, 15) is 4.79 Å². The number of allylic oxidation sites excluding steroid dienone is 1. The molecule has 0 heterocycles. The van der Waals surface area contributed by atoms with Gasteiger partial charge in [-0.05, 0) is 64.1 Å². The van der Waals surface area contributed by atoms with Gasteiger partial charge >= 0.3 is 5.97 Å². The van der Waals surface area contributed by atoms with Gasteiger partial charge in [-0.2, -0.15) is 0 Å². The van der Waals surface area contributed by atoms with Crippen molar-refractivity contribution in [3.63, 3.8) is 0 Å². The van der Waals surface area contributed by atoms with Gasteiger partial charge < -0.3 is 14.2 Å². The van der Waals surface area contributed by atoms with Crippen LogP contribution in [-0.2, 0) is 14.3 Å². The van der Waals surface area contributed by atoms with E-state index < -0.39 is 0 Å². The van der Waals surface area contributed by atoms with Crippen LogP contribution >= 0.6 is 11.8 Å². The van der Waals surface area contributed by atoms with Crippen LogP contribution in [0.2, 0.25) is 0 Å². The van der Waals surface area contributed by atoms with E-state index in [2.05, 4.69) is 5.32 Å². The third kappa shape index (κ3) is 5.16. The molecule has 25 heavy (non-hydrogen) atoms. The lowest BCUT2D eigenvalue weighted by atomic mass is 10.0. The fraction of sp³-hybridized carbons (Fsp3) is 0.526. The largest absolute Gasteiger partial charge is 0.497 e. The van der Waals surface area contributed by atoms with Crippen molar-refractivity contribution >= 4 is 23.3 Å². The molecule has 6 heteroatoms.